The maximum Gasteiger partial charge on any atom is 0.330 e. The topological polar surface area (TPSA) is 47.0 Å². The number of alkyl halides is 4. The molecule has 0 fully saturated rings. The highest BCUT2D eigenvalue weighted by Gasteiger charge is 2.41. The van der Waals surface area contributed by atoms with Crippen molar-refractivity contribution < 1.29 is 22.3 Å². The highest BCUT2D eigenvalue weighted by molar-refractivity contribution is 9.10. The first-order valence-corrected chi connectivity index (χ1v) is 7.07. The fourth-order valence-corrected chi connectivity index (χ4v) is 1.70. The molecule has 0 unspecified atom stereocenters. The van der Waals surface area contributed by atoms with Crippen molar-refractivity contribution >= 4 is 21.7 Å². The Kier molecular flexibility index (Phi) is 6.79. The number of aryl methyl sites for hydroxylation is 1. The monoisotopic (exact) mass is 373 g/mol. The van der Waals surface area contributed by atoms with Gasteiger partial charge in [-0.2, -0.15) is 8.78 Å². The van der Waals surface area contributed by atoms with Crippen molar-refractivity contribution in [2.45, 2.75) is 39.2 Å². The number of hydrogen-bond acceptors (Lipinski definition) is 4. The van der Waals surface area contributed by atoms with Crippen LogP contribution in [0.4, 0.5) is 23.4 Å². The molecule has 0 aromatic carbocycles. The van der Waals surface area contributed by atoms with Crippen molar-refractivity contribution in [3.05, 3.63) is 16.0 Å². The molecule has 1 rings (SSSR count). The maximum atomic E-state index is 12.7. The predicted octanol–water partition coefficient (Wildman–Crippen LogP) is 3.79. The summed E-state index contributed by atoms with van der Waals surface area (Å²) >= 11 is 3.32. The number of aromatic nitrogens is 2. The van der Waals surface area contributed by atoms with E-state index in [1.54, 1.807) is 6.92 Å². The van der Waals surface area contributed by atoms with E-state index in [0.29, 0.717) is 22.5 Å². The third-order valence-electron chi connectivity index (χ3n) is 2.45. The number of rotatable bonds is 8. The molecule has 0 aliphatic rings. The van der Waals surface area contributed by atoms with E-state index in [0.717, 1.165) is 6.42 Å². The number of nitrogens with one attached hydrogen (secondary N) is 1. The average Bonchev–Trinajstić information content (AvgIpc) is 2.40. The molecule has 0 bridgehead atoms. The summed E-state index contributed by atoms with van der Waals surface area (Å²) in [5.41, 5.74) is 0.600. The predicted molar refractivity (Wildman–Crippen MR) is 73.9 cm³/mol. The molecule has 1 N–H and O–H groups in total. The molecular weight excluding hydrogens is 358 g/mol. The molecular formula is C12H16BrF4N3O. The van der Waals surface area contributed by atoms with Crippen molar-refractivity contribution in [2.24, 2.45) is 0 Å². The second-order valence-electron chi connectivity index (χ2n) is 4.37. The van der Waals surface area contributed by atoms with Gasteiger partial charge in [0.1, 0.15) is 19.0 Å². The van der Waals surface area contributed by atoms with Crippen molar-refractivity contribution in [1.29, 1.82) is 0 Å². The number of halogens is 5. The Morgan fingerprint density at radius 1 is 1.33 bits per heavy atom. The Morgan fingerprint density at radius 2 is 2.00 bits per heavy atom. The van der Waals surface area contributed by atoms with Gasteiger partial charge in [0, 0.05) is 6.54 Å². The molecule has 0 atom stereocenters. The molecule has 0 radical (unpaired) electrons. The van der Waals surface area contributed by atoms with Gasteiger partial charge in [0.25, 0.3) is 0 Å². The Balaban J connectivity index is 2.69. The summed E-state index contributed by atoms with van der Waals surface area (Å²) in [5, 5.41) is 3.05. The standard InChI is InChI=1S/C12H16BrF4N3O/c1-3-4-18-10-9(13)7(2)19-8(20-10)5-21-6-12(16,17)11(14)15/h11H,3-6H2,1-2H3,(H,18,19,20). The minimum Gasteiger partial charge on any atom is -0.369 e. The summed E-state index contributed by atoms with van der Waals surface area (Å²) in [5.74, 6) is -3.50. The van der Waals surface area contributed by atoms with Gasteiger partial charge in [-0.05, 0) is 29.3 Å². The quantitative estimate of drug-likeness (QED) is 0.704. The molecule has 4 nitrogen and oxygen atoms in total. The third-order valence-corrected chi connectivity index (χ3v) is 3.40. The van der Waals surface area contributed by atoms with Crippen LogP contribution in [0.2, 0.25) is 0 Å². The largest absolute Gasteiger partial charge is 0.369 e. The second kappa shape index (κ2) is 7.88. The normalized spacial score (nSPS) is 12.0. The smallest absolute Gasteiger partial charge is 0.330 e. The summed E-state index contributed by atoms with van der Waals surface area (Å²) in [4.78, 5) is 8.16. The Hall–Kier alpha value is -0.960. The van der Waals surface area contributed by atoms with Gasteiger partial charge < -0.3 is 10.1 Å². The lowest BCUT2D eigenvalue weighted by atomic mass is 10.4. The zero-order chi connectivity index (χ0) is 16.0. The van der Waals surface area contributed by atoms with Crippen LogP contribution in [0.1, 0.15) is 24.9 Å². The van der Waals surface area contributed by atoms with Crippen LogP contribution in [0.5, 0.6) is 0 Å². The van der Waals surface area contributed by atoms with Gasteiger partial charge in [-0.25, -0.2) is 18.7 Å². The van der Waals surface area contributed by atoms with E-state index in [1.165, 1.54) is 0 Å². The van der Waals surface area contributed by atoms with E-state index in [-0.39, 0.29) is 12.4 Å². The number of ether oxygens (including phenoxy) is 1. The molecule has 120 valence electrons. The highest BCUT2D eigenvalue weighted by Crippen LogP contribution is 2.25. The molecule has 1 aromatic heterocycles. The Bertz CT molecular complexity index is 474. The van der Waals surface area contributed by atoms with Crippen LogP contribution in [0.3, 0.4) is 0 Å². The van der Waals surface area contributed by atoms with Crippen molar-refractivity contribution in [2.75, 3.05) is 18.5 Å². The van der Waals surface area contributed by atoms with Crippen LogP contribution in [0, 0.1) is 6.92 Å². The summed E-state index contributed by atoms with van der Waals surface area (Å²) in [7, 11) is 0. The molecule has 0 saturated carbocycles. The van der Waals surface area contributed by atoms with Gasteiger partial charge in [-0.1, -0.05) is 6.92 Å². The SMILES string of the molecule is CCCNc1nc(COCC(F)(F)C(F)F)nc(C)c1Br. The molecule has 9 heteroatoms. The number of hydrogen-bond donors (Lipinski definition) is 1. The zero-order valence-corrected chi connectivity index (χ0v) is 13.2. The molecule has 0 amide bonds. The van der Waals surface area contributed by atoms with Gasteiger partial charge in [0.05, 0.1) is 10.2 Å². The molecule has 21 heavy (non-hydrogen) atoms. The first-order valence-electron chi connectivity index (χ1n) is 6.28. The maximum absolute atomic E-state index is 12.7. The van der Waals surface area contributed by atoms with E-state index in [4.69, 9.17) is 0 Å². The van der Waals surface area contributed by atoms with Crippen molar-refractivity contribution in [1.82, 2.24) is 9.97 Å². The fourth-order valence-electron chi connectivity index (χ4n) is 1.38. The summed E-state index contributed by atoms with van der Waals surface area (Å²) in [6.45, 7) is 2.63. The van der Waals surface area contributed by atoms with E-state index in [9.17, 15) is 17.6 Å². The van der Waals surface area contributed by atoms with Crippen molar-refractivity contribution in [3.63, 3.8) is 0 Å². The van der Waals surface area contributed by atoms with Crippen molar-refractivity contribution in [3.8, 4) is 0 Å². The van der Waals surface area contributed by atoms with Crippen LogP contribution >= 0.6 is 15.9 Å². The highest BCUT2D eigenvalue weighted by atomic mass is 79.9. The lowest BCUT2D eigenvalue weighted by molar-refractivity contribution is -0.168. The Morgan fingerprint density at radius 3 is 2.57 bits per heavy atom. The first-order chi connectivity index (χ1) is 9.77. The zero-order valence-electron chi connectivity index (χ0n) is 11.6. The van der Waals surface area contributed by atoms with Crippen LogP contribution in [0.15, 0.2) is 4.47 Å². The van der Waals surface area contributed by atoms with E-state index < -0.39 is 19.0 Å². The van der Waals surface area contributed by atoms with E-state index in [1.807, 2.05) is 6.92 Å². The van der Waals surface area contributed by atoms with Crippen LogP contribution in [0.25, 0.3) is 0 Å². The average molecular weight is 374 g/mol. The van der Waals surface area contributed by atoms with Crippen LogP contribution in [-0.2, 0) is 11.3 Å². The number of nitrogens with zero attached hydrogens (tertiary/aromatic N) is 2. The van der Waals surface area contributed by atoms with Gasteiger partial charge >= 0.3 is 12.3 Å². The minimum atomic E-state index is -4.17. The minimum absolute atomic E-state index is 0.152. The molecule has 0 spiro atoms. The lowest BCUT2D eigenvalue weighted by Gasteiger charge is -2.15. The molecule has 1 heterocycles. The fraction of sp³-hybridized carbons (Fsp3) is 0.667. The van der Waals surface area contributed by atoms with Gasteiger partial charge in [0.2, 0.25) is 0 Å². The van der Waals surface area contributed by atoms with Crippen LogP contribution < -0.4 is 5.32 Å². The second-order valence-corrected chi connectivity index (χ2v) is 5.16. The first kappa shape index (κ1) is 18.1. The van der Waals surface area contributed by atoms with Gasteiger partial charge in [0.15, 0.2) is 5.82 Å². The number of anilines is 1. The van der Waals surface area contributed by atoms with Gasteiger partial charge in [-0.3, -0.25) is 0 Å². The van der Waals surface area contributed by atoms with E-state index >= 15 is 0 Å². The molecule has 0 aliphatic heterocycles. The van der Waals surface area contributed by atoms with E-state index in [2.05, 4.69) is 36.0 Å². The molecule has 0 aliphatic carbocycles. The lowest BCUT2D eigenvalue weighted by Crippen LogP contribution is -2.32. The third kappa shape index (κ3) is 5.39. The summed E-state index contributed by atoms with van der Waals surface area (Å²) in [6.07, 6.45) is -2.88. The van der Waals surface area contributed by atoms with Gasteiger partial charge in [-0.15, -0.1) is 0 Å². The summed E-state index contributed by atoms with van der Waals surface area (Å²) < 4.78 is 54.6. The van der Waals surface area contributed by atoms with Crippen LogP contribution in [-0.4, -0.2) is 35.5 Å². The summed E-state index contributed by atoms with van der Waals surface area (Å²) in [6, 6.07) is 0. The molecule has 0 saturated heterocycles. The Labute approximate surface area is 128 Å². The molecule has 1 aromatic rings.